The zero-order valence-corrected chi connectivity index (χ0v) is 51.4. The summed E-state index contributed by atoms with van der Waals surface area (Å²) in [7, 11) is -5.06. The fourth-order valence-electron chi connectivity index (χ4n) is 11.9. The number of aliphatic hydroxyl groups is 1. The number of anilines is 1. The number of ether oxygens (including phenoxy) is 1. The maximum atomic E-state index is 16.2. The highest BCUT2D eigenvalue weighted by molar-refractivity contribution is 7.70. The number of nitrogens with zero attached hydrogens (tertiary/aromatic N) is 3. The Kier molecular flexibility index (Phi) is 19.9. The van der Waals surface area contributed by atoms with E-state index in [-0.39, 0.29) is 81.0 Å². The van der Waals surface area contributed by atoms with E-state index < -0.39 is 102 Å². The fraction of sp³-hybridized carbons (Fsp3) is 0.422. The number of amides is 6. The average molecular weight is 1250 g/mol. The summed E-state index contributed by atoms with van der Waals surface area (Å²) in [5.74, 6) is -4.92. The van der Waals surface area contributed by atoms with Crippen LogP contribution in [0.1, 0.15) is 140 Å². The minimum absolute atomic E-state index is 0.0278. The normalized spacial score (nSPS) is 18.5. The Morgan fingerprint density at radius 1 is 0.909 bits per heavy atom. The molecule has 21 nitrogen and oxygen atoms in total. The molecule has 88 heavy (non-hydrogen) atoms. The predicted molar refractivity (Wildman–Crippen MR) is 328 cm³/mol. The van der Waals surface area contributed by atoms with Gasteiger partial charge in [0.2, 0.25) is 35.4 Å². The van der Waals surface area contributed by atoms with Crippen LogP contribution < -0.4 is 31.3 Å². The molecule has 0 aliphatic carbocycles. The number of aromatic nitrogens is 2. The second-order valence-corrected chi connectivity index (χ2v) is 26.6. The molecule has 7 atom stereocenters. The van der Waals surface area contributed by atoms with E-state index in [0.29, 0.717) is 54.3 Å². The first-order valence-electron chi connectivity index (χ1n) is 29.5. The number of unbranched alkanes of at least 4 members (excludes halogenated alkanes) is 2. The Morgan fingerprint density at radius 3 is 2.34 bits per heavy atom. The molecule has 0 unspecified atom stereocenters. The number of benzene rings is 4. The molecule has 0 bridgehead atoms. The van der Waals surface area contributed by atoms with E-state index >= 15 is 4.39 Å². The highest BCUT2D eigenvalue weighted by atomic mass is 32.1. The third-order valence-electron chi connectivity index (χ3n) is 16.7. The number of aromatic amines is 1. The number of fused-ring (bicyclic) bond motifs is 1. The number of aliphatic hydroxyl groups excluding tert-OH is 1. The molecule has 1 fully saturated rings. The van der Waals surface area contributed by atoms with Gasteiger partial charge in [-0.25, -0.2) is 9.37 Å². The number of para-hydroxylation sites is 1. The Balaban J connectivity index is 0.769. The number of hydrogen-bond donors (Lipinski definition) is 8. The summed E-state index contributed by atoms with van der Waals surface area (Å²) in [5, 5.41) is 19.9. The van der Waals surface area contributed by atoms with Gasteiger partial charge in [-0.15, -0.1) is 11.3 Å². The summed E-state index contributed by atoms with van der Waals surface area (Å²) in [6, 6.07) is 19.2. The Bertz CT molecular complexity index is 3710. The fourth-order valence-corrected chi connectivity index (χ4v) is 13.2. The van der Waals surface area contributed by atoms with Crippen molar-refractivity contribution in [1.29, 1.82) is 0 Å². The molecule has 0 saturated carbocycles. The molecule has 3 aliphatic rings. The van der Waals surface area contributed by atoms with E-state index in [0.717, 1.165) is 32.8 Å². The first-order chi connectivity index (χ1) is 41.7. The van der Waals surface area contributed by atoms with E-state index in [9.17, 15) is 57.8 Å². The van der Waals surface area contributed by atoms with Crippen molar-refractivity contribution in [2.75, 3.05) is 18.1 Å². The van der Waals surface area contributed by atoms with Crippen LogP contribution in [0, 0.1) is 24.1 Å². The van der Waals surface area contributed by atoms with Crippen LogP contribution in [0.15, 0.2) is 90.4 Å². The Morgan fingerprint density at radius 2 is 1.64 bits per heavy atom. The maximum absolute atomic E-state index is 16.2. The SMILES string of the molecule is Cc1ncsc1-c1ccc([C@H](C)NC(=O)[C@@H]2C[C@@H](O)CN2C(=O)[C@@H](NC(=O)CCCCCc2cccc(OC[C@H](CCC(N)=O)NC(=O)[C@@H]3Cc4cccc5c4N3C(=O)[C@@H](CC(=O)c3cc4cc(C(=O)P(=O)(O)O)ccc4[nH]3)CC5)c2F)C(C)(C)C)cc1. The minimum atomic E-state index is -5.06. The van der Waals surface area contributed by atoms with E-state index in [1.807, 2.05) is 77.1 Å². The molecular weight excluding hydrogens is 1170 g/mol. The second kappa shape index (κ2) is 27.2. The van der Waals surface area contributed by atoms with E-state index in [1.54, 1.807) is 29.0 Å². The Hall–Kier alpha value is -7.95. The molecule has 9 N–H and O–H groups in total. The number of carbonyl (C=O) groups excluding carboxylic acids is 8. The number of H-pyrrole nitrogens is 1. The molecule has 6 aromatic rings. The molecule has 24 heteroatoms. The van der Waals surface area contributed by atoms with Crippen molar-refractivity contribution in [3.63, 3.8) is 0 Å². The maximum Gasteiger partial charge on any atom is 0.396 e. The van der Waals surface area contributed by atoms with Gasteiger partial charge in [-0.2, -0.15) is 0 Å². The van der Waals surface area contributed by atoms with Gasteiger partial charge in [0, 0.05) is 61.0 Å². The monoisotopic (exact) mass is 1240 g/mol. The lowest BCUT2D eigenvalue weighted by Crippen LogP contribution is -2.57. The third-order valence-corrected chi connectivity index (χ3v) is 18.4. The van der Waals surface area contributed by atoms with Crippen molar-refractivity contribution in [3.05, 3.63) is 135 Å². The first kappa shape index (κ1) is 64.5. The molecule has 5 heterocycles. The average Bonchev–Trinajstić information content (AvgIpc) is 1.84. The molecule has 0 spiro atoms. The van der Waals surface area contributed by atoms with Crippen molar-refractivity contribution >= 4 is 82.3 Å². The number of thiazole rings is 1. The van der Waals surface area contributed by atoms with Gasteiger partial charge in [-0.3, -0.25) is 47.8 Å². The van der Waals surface area contributed by atoms with Crippen LogP contribution in [0.25, 0.3) is 21.3 Å². The molecule has 0 radical (unpaired) electrons. The largest absolute Gasteiger partial charge is 0.488 e. The number of nitrogens with one attached hydrogen (secondary N) is 4. The summed E-state index contributed by atoms with van der Waals surface area (Å²) in [5.41, 5.74) is 10.9. The summed E-state index contributed by atoms with van der Waals surface area (Å²) in [6.07, 6.45) is 1.44. The van der Waals surface area contributed by atoms with Gasteiger partial charge >= 0.3 is 7.60 Å². The van der Waals surface area contributed by atoms with Crippen LogP contribution in [-0.4, -0.2) is 120 Å². The zero-order valence-electron chi connectivity index (χ0n) is 49.7. The summed E-state index contributed by atoms with van der Waals surface area (Å²) < 4.78 is 33.8. The van der Waals surface area contributed by atoms with E-state index in [1.165, 1.54) is 40.1 Å². The van der Waals surface area contributed by atoms with E-state index in [2.05, 4.69) is 25.9 Å². The number of carbonyl (C=O) groups is 8. The van der Waals surface area contributed by atoms with Gasteiger partial charge in [0.15, 0.2) is 17.3 Å². The number of rotatable bonds is 25. The van der Waals surface area contributed by atoms with Crippen molar-refractivity contribution < 1.29 is 66.9 Å². The van der Waals surface area contributed by atoms with Crippen molar-refractivity contribution in [2.24, 2.45) is 17.1 Å². The predicted octanol–water partition coefficient (Wildman–Crippen LogP) is 7.45. The molecule has 466 valence electrons. The molecule has 9 rings (SSSR count). The van der Waals surface area contributed by atoms with Crippen LogP contribution in [0.4, 0.5) is 10.1 Å². The topological polar surface area (TPSA) is 321 Å². The minimum Gasteiger partial charge on any atom is -0.488 e. The molecule has 6 amide bonds. The molecule has 1 saturated heterocycles. The summed E-state index contributed by atoms with van der Waals surface area (Å²) in [4.78, 5) is 139. The van der Waals surface area contributed by atoms with Gasteiger partial charge in [-0.1, -0.05) is 81.8 Å². The van der Waals surface area contributed by atoms with Gasteiger partial charge < -0.3 is 51.2 Å². The standard InChI is InChI=1S/C64H74FN8O13PS/c1-35(37-17-20-40(21-18-37)57-36(2)67-34-88-57)68-59(78)49-31-46(74)32-72(49)62(81)58(64(3,4)5)71-54(77)16-8-6-7-11-38-12-10-15-52(55(38)65)86-33-45(24-26-53(66)76)69-60(79)50-29-41-14-9-13-39-19-22-42(61(80)73(50)56(39)41)30-51(75)48-28-44-27-43(23-25-47(44)70-48)63(82)87(83,84)85/h9-10,12-15,17-18,20-21,23,25,27-28,34-35,42,45-46,49-50,58,70,74H,6-8,11,16,19,22,24,26,29-33H2,1-5H3,(H2,66,76)(H,68,78)(H,69,79)(H,71,77)(H2,83,84,85)/t35-,42+,45-,46+,49-,50-,58+/m0/s1. The number of aryl methyl sites for hydroxylation is 3. The van der Waals surface area contributed by atoms with Crippen LogP contribution in [0.2, 0.25) is 0 Å². The molecule has 3 aliphatic heterocycles. The van der Waals surface area contributed by atoms with Crippen molar-refractivity contribution in [3.8, 4) is 16.2 Å². The van der Waals surface area contributed by atoms with Gasteiger partial charge in [0.1, 0.15) is 24.7 Å². The lowest BCUT2D eigenvalue weighted by atomic mass is 9.85. The number of ketones is 1. The van der Waals surface area contributed by atoms with Gasteiger partial charge in [-0.05, 0) is 116 Å². The highest BCUT2D eigenvalue weighted by Gasteiger charge is 2.46. The zero-order chi connectivity index (χ0) is 63.4. The number of halogens is 1. The number of Topliss-reactive ketones (excluding diaryl/α,β-unsaturated/α-hetero) is 1. The lowest BCUT2D eigenvalue weighted by Gasteiger charge is -2.35. The summed E-state index contributed by atoms with van der Waals surface area (Å²) >= 11 is 1.55. The number of likely N-dealkylation sites (tertiary alicyclic amines) is 1. The van der Waals surface area contributed by atoms with Crippen LogP contribution in [0.5, 0.6) is 5.75 Å². The molecule has 2 aromatic heterocycles. The quantitative estimate of drug-likeness (QED) is 0.0157. The Labute approximate surface area is 512 Å². The molecule has 4 aromatic carbocycles. The van der Waals surface area contributed by atoms with Gasteiger partial charge in [0.25, 0.3) is 5.52 Å². The van der Waals surface area contributed by atoms with Crippen molar-refractivity contribution in [1.82, 2.24) is 30.8 Å². The highest BCUT2D eigenvalue weighted by Crippen LogP contribution is 2.42. The van der Waals surface area contributed by atoms with Crippen LogP contribution in [0.3, 0.4) is 0 Å². The van der Waals surface area contributed by atoms with Crippen molar-refractivity contribution in [2.45, 2.75) is 148 Å². The third kappa shape index (κ3) is 15.0. The van der Waals surface area contributed by atoms with Gasteiger partial charge in [0.05, 0.1) is 45.7 Å². The molecular formula is C64H74FN8O13PS. The lowest BCUT2D eigenvalue weighted by molar-refractivity contribution is -0.144. The number of β-amino-alcohol motifs (C(OH)–C–C–N with tert-alkyl or cyclic N) is 1. The first-order valence-corrected chi connectivity index (χ1v) is 32.0. The smallest absolute Gasteiger partial charge is 0.396 e. The van der Waals surface area contributed by atoms with E-state index in [4.69, 9.17) is 10.5 Å². The van der Waals surface area contributed by atoms with Crippen LogP contribution >= 0.6 is 18.9 Å². The van der Waals surface area contributed by atoms with Crippen LogP contribution in [-0.2, 0) is 52.6 Å². The number of primary amides is 1. The number of hydrogen-bond acceptors (Lipinski definition) is 13. The number of nitrogens with two attached hydrogens (primary N) is 1. The second-order valence-electron chi connectivity index (χ2n) is 24.2. The summed E-state index contributed by atoms with van der Waals surface area (Å²) in [6.45, 7) is 8.91.